The molecule has 1 N–H and O–H groups in total. The van der Waals surface area contributed by atoms with Crippen LogP contribution in [0, 0.1) is 0 Å². The molecule has 0 saturated heterocycles. The Kier molecular flexibility index (Phi) is 7.60. The largest absolute Gasteiger partial charge is 0.452 e. The van der Waals surface area contributed by atoms with Crippen LogP contribution in [0.15, 0.2) is 54.9 Å². The van der Waals surface area contributed by atoms with Gasteiger partial charge in [0.25, 0.3) is 0 Å². The highest BCUT2D eigenvalue weighted by Crippen LogP contribution is 2.21. The zero-order valence-electron chi connectivity index (χ0n) is 12.3. The Morgan fingerprint density at radius 3 is 2.36 bits per heavy atom. The molecule has 0 fully saturated rings. The van der Waals surface area contributed by atoms with Gasteiger partial charge in [-0.1, -0.05) is 41.9 Å². The van der Waals surface area contributed by atoms with Crippen LogP contribution in [0.2, 0.25) is 10.2 Å². The molecule has 0 spiro atoms. The van der Waals surface area contributed by atoms with Crippen LogP contribution in [0.5, 0.6) is 5.75 Å². The molecule has 0 atom stereocenters. The highest BCUT2D eigenvalue weighted by atomic mass is 35.5. The van der Waals surface area contributed by atoms with Crippen molar-refractivity contribution in [2.45, 2.75) is 0 Å². The van der Waals surface area contributed by atoms with Gasteiger partial charge in [0.05, 0.1) is 11.2 Å². The molecule has 22 heavy (non-hydrogen) atoms. The van der Waals surface area contributed by atoms with E-state index in [1.807, 2.05) is 14.1 Å². The Bertz CT molecular complexity index is 643. The quantitative estimate of drug-likeness (QED) is 0.396. The highest BCUT2D eigenvalue weighted by Gasteiger charge is 2.15. The van der Waals surface area contributed by atoms with E-state index in [0.29, 0.717) is 21.5 Å². The minimum atomic E-state index is -0.374. The fourth-order valence-electron chi connectivity index (χ4n) is 1.41. The SMILES string of the molecule is C=C(Oc1ccc(Cl)nc1)C(=O)c1ccccc1Cl.CNC. The first-order valence-electron chi connectivity index (χ1n) is 6.35. The summed E-state index contributed by atoms with van der Waals surface area (Å²) in [4.78, 5) is 15.9. The fourth-order valence-corrected chi connectivity index (χ4v) is 1.74. The second kappa shape index (κ2) is 9.20. The van der Waals surface area contributed by atoms with Gasteiger partial charge in [0.1, 0.15) is 10.9 Å². The van der Waals surface area contributed by atoms with Crippen LogP contribution in [0.3, 0.4) is 0 Å². The number of pyridine rings is 1. The molecule has 0 unspecified atom stereocenters. The number of nitrogens with zero attached hydrogens (tertiary/aromatic N) is 1. The van der Waals surface area contributed by atoms with E-state index in [9.17, 15) is 4.79 Å². The van der Waals surface area contributed by atoms with E-state index in [1.54, 1.807) is 36.4 Å². The summed E-state index contributed by atoms with van der Waals surface area (Å²) >= 11 is 11.6. The molecule has 0 radical (unpaired) electrons. The number of ketones is 1. The van der Waals surface area contributed by atoms with Gasteiger partial charge in [-0.15, -0.1) is 0 Å². The summed E-state index contributed by atoms with van der Waals surface area (Å²) in [6, 6.07) is 9.86. The van der Waals surface area contributed by atoms with Gasteiger partial charge in [-0.05, 0) is 38.4 Å². The minimum absolute atomic E-state index is 0.0303. The molecule has 0 saturated carbocycles. The monoisotopic (exact) mass is 338 g/mol. The molecule has 2 rings (SSSR count). The summed E-state index contributed by atoms with van der Waals surface area (Å²) in [5.41, 5.74) is 0.344. The third kappa shape index (κ3) is 5.48. The molecule has 0 bridgehead atoms. The minimum Gasteiger partial charge on any atom is -0.452 e. The normalized spacial score (nSPS) is 9.45. The Morgan fingerprint density at radius 1 is 1.18 bits per heavy atom. The topological polar surface area (TPSA) is 51.2 Å². The van der Waals surface area contributed by atoms with E-state index in [0.717, 1.165) is 0 Å². The zero-order chi connectivity index (χ0) is 16.5. The summed E-state index contributed by atoms with van der Waals surface area (Å²) in [5, 5.41) is 3.45. The maximum atomic E-state index is 12.1. The number of halogens is 2. The van der Waals surface area contributed by atoms with E-state index >= 15 is 0 Å². The van der Waals surface area contributed by atoms with E-state index < -0.39 is 0 Å². The van der Waals surface area contributed by atoms with Crippen LogP contribution < -0.4 is 10.1 Å². The molecule has 1 aromatic carbocycles. The number of ether oxygens (including phenoxy) is 1. The highest BCUT2D eigenvalue weighted by molar-refractivity contribution is 6.34. The average Bonchev–Trinajstić information content (AvgIpc) is 2.50. The van der Waals surface area contributed by atoms with Crippen molar-refractivity contribution < 1.29 is 9.53 Å². The van der Waals surface area contributed by atoms with Crippen molar-refractivity contribution in [2.75, 3.05) is 14.1 Å². The van der Waals surface area contributed by atoms with E-state index in [-0.39, 0.29) is 11.5 Å². The summed E-state index contributed by atoms with van der Waals surface area (Å²) in [6.45, 7) is 3.60. The van der Waals surface area contributed by atoms with Crippen LogP contribution in [0.4, 0.5) is 0 Å². The molecule has 1 heterocycles. The molecule has 6 heteroatoms. The van der Waals surface area contributed by atoms with Crippen LogP contribution in [-0.4, -0.2) is 24.9 Å². The van der Waals surface area contributed by atoms with E-state index in [2.05, 4.69) is 16.9 Å². The van der Waals surface area contributed by atoms with Crippen molar-refractivity contribution in [1.29, 1.82) is 0 Å². The molecule has 0 aliphatic carbocycles. The third-order valence-electron chi connectivity index (χ3n) is 2.31. The number of allylic oxidation sites excluding steroid dienone is 1. The molecule has 2 aromatic rings. The van der Waals surface area contributed by atoms with Crippen molar-refractivity contribution in [3.8, 4) is 5.75 Å². The first-order chi connectivity index (χ1) is 10.5. The Morgan fingerprint density at radius 2 is 1.82 bits per heavy atom. The molecule has 0 amide bonds. The number of rotatable bonds is 4. The predicted molar refractivity (Wildman–Crippen MR) is 89.8 cm³/mol. The Hall–Kier alpha value is -1.88. The maximum Gasteiger partial charge on any atom is 0.229 e. The molecule has 0 aliphatic rings. The summed E-state index contributed by atoms with van der Waals surface area (Å²) in [7, 11) is 3.75. The summed E-state index contributed by atoms with van der Waals surface area (Å²) in [5.74, 6) is -0.0208. The predicted octanol–water partition coefficient (Wildman–Crippen LogP) is 4.00. The zero-order valence-corrected chi connectivity index (χ0v) is 13.8. The summed E-state index contributed by atoms with van der Waals surface area (Å²) < 4.78 is 5.32. The van der Waals surface area contributed by atoms with Crippen molar-refractivity contribution in [3.05, 3.63) is 70.7 Å². The Labute approximate surface area is 139 Å². The molecule has 0 aliphatic heterocycles. The number of nitrogens with one attached hydrogen (secondary N) is 1. The van der Waals surface area contributed by atoms with Gasteiger partial charge in [-0.2, -0.15) is 0 Å². The number of carbonyl (C=O) groups excluding carboxylic acids is 1. The standard InChI is InChI=1S/C14H9Cl2NO2.C2H7N/c1-9(19-10-6-7-13(16)17-8-10)14(18)11-4-2-3-5-12(11)15;1-3-2/h2-8H,1H2;3H,1-2H3. The molecular weight excluding hydrogens is 323 g/mol. The Balaban J connectivity index is 0.000000745. The first-order valence-corrected chi connectivity index (χ1v) is 7.11. The van der Waals surface area contributed by atoms with Gasteiger partial charge in [-0.25, -0.2) is 4.98 Å². The average molecular weight is 339 g/mol. The first kappa shape index (κ1) is 18.2. The number of aromatic nitrogens is 1. The number of benzene rings is 1. The van der Waals surface area contributed by atoms with Crippen LogP contribution in [-0.2, 0) is 0 Å². The van der Waals surface area contributed by atoms with Gasteiger partial charge in [0.2, 0.25) is 5.78 Å². The number of hydrogen-bond donors (Lipinski definition) is 1. The lowest BCUT2D eigenvalue weighted by Gasteiger charge is -2.08. The number of Topliss-reactive ketones (excluding diaryl/α,β-unsaturated/α-hetero) is 1. The molecule has 1 aromatic heterocycles. The van der Waals surface area contributed by atoms with Crippen molar-refractivity contribution in [1.82, 2.24) is 10.3 Å². The van der Waals surface area contributed by atoms with Gasteiger partial charge in [0.15, 0.2) is 5.76 Å². The lowest BCUT2D eigenvalue weighted by atomic mass is 10.1. The van der Waals surface area contributed by atoms with Crippen LogP contribution in [0.25, 0.3) is 0 Å². The van der Waals surface area contributed by atoms with Gasteiger partial charge in [0, 0.05) is 5.56 Å². The van der Waals surface area contributed by atoms with Crippen molar-refractivity contribution in [3.63, 3.8) is 0 Å². The smallest absolute Gasteiger partial charge is 0.229 e. The lowest BCUT2D eigenvalue weighted by molar-refractivity contribution is 0.0987. The van der Waals surface area contributed by atoms with E-state index in [1.165, 1.54) is 6.20 Å². The number of carbonyl (C=O) groups is 1. The van der Waals surface area contributed by atoms with Gasteiger partial charge < -0.3 is 10.1 Å². The second-order valence-corrected chi connectivity index (χ2v) is 4.95. The molecule has 116 valence electrons. The molecular formula is C16H16Cl2N2O2. The third-order valence-corrected chi connectivity index (χ3v) is 2.87. The number of hydrogen-bond acceptors (Lipinski definition) is 4. The van der Waals surface area contributed by atoms with Crippen LogP contribution in [0.1, 0.15) is 10.4 Å². The second-order valence-electron chi connectivity index (χ2n) is 4.15. The van der Waals surface area contributed by atoms with Gasteiger partial charge in [-0.3, -0.25) is 4.79 Å². The van der Waals surface area contributed by atoms with Crippen molar-refractivity contribution >= 4 is 29.0 Å². The van der Waals surface area contributed by atoms with E-state index in [4.69, 9.17) is 27.9 Å². The maximum absolute atomic E-state index is 12.1. The fraction of sp³-hybridized carbons (Fsp3) is 0.125. The van der Waals surface area contributed by atoms with Crippen LogP contribution >= 0.6 is 23.2 Å². The molecule has 4 nitrogen and oxygen atoms in total. The summed E-state index contributed by atoms with van der Waals surface area (Å²) in [6.07, 6.45) is 1.41. The van der Waals surface area contributed by atoms with Gasteiger partial charge >= 0.3 is 0 Å². The lowest BCUT2D eigenvalue weighted by Crippen LogP contribution is -2.08. The van der Waals surface area contributed by atoms with Crippen molar-refractivity contribution in [2.24, 2.45) is 0 Å².